The molecule has 0 radical (unpaired) electrons. The molecule has 1 unspecified atom stereocenters. The van der Waals surface area contributed by atoms with E-state index < -0.39 is 0 Å². The van der Waals surface area contributed by atoms with Crippen LogP contribution in [0.15, 0.2) is 22.8 Å². The van der Waals surface area contributed by atoms with E-state index in [0.29, 0.717) is 0 Å². The fraction of sp³-hybridized carbons (Fsp3) is 0.357. The van der Waals surface area contributed by atoms with Crippen molar-refractivity contribution in [3.63, 3.8) is 0 Å². The third kappa shape index (κ3) is 1.76. The largest absolute Gasteiger partial charge is 0.465 e. The smallest absolute Gasteiger partial charge is 0.256 e. The van der Waals surface area contributed by atoms with Crippen molar-refractivity contribution in [3.8, 4) is 0 Å². The molecule has 0 aliphatic carbocycles. The Morgan fingerprint density at radius 3 is 3.15 bits per heavy atom. The highest BCUT2D eigenvalue weighted by atomic mass is 32.1. The third-order valence-corrected chi connectivity index (χ3v) is 5.12. The molecule has 1 amide bonds. The minimum absolute atomic E-state index is 0.0113. The first kappa shape index (κ1) is 12.0. The van der Waals surface area contributed by atoms with Crippen molar-refractivity contribution in [2.75, 3.05) is 18.9 Å². The van der Waals surface area contributed by atoms with Gasteiger partial charge >= 0.3 is 0 Å². The van der Waals surface area contributed by atoms with Crippen LogP contribution in [0.4, 0.5) is 5.00 Å². The Kier molecular flexibility index (Phi) is 2.61. The molecule has 4 rings (SSSR count). The summed E-state index contributed by atoms with van der Waals surface area (Å²) in [5.41, 5.74) is 2.08. The van der Waals surface area contributed by atoms with Gasteiger partial charge in [0.15, 0.2) is 6.17 Å². The second-order valence-corrected chi connectivity index (χ2v) is 6.51. The summed E-state index contributed by atoms with van der Waals surface area (Å²) >= 11 is 1.71. The lowest BCUT2D eigenvalue weighted by molar-refractivity contribution is -0.895. The van der Waals surface area contributed by atoms with Gasteiger partial charge in [-0.2, -0.15) is 0 Å². The van der Waals surface area contributed by atoms with Gasteiger partial charge in [0.05, 0.1) is 30.3 Å². The van der Waals surface area contributed by atoms with E-state index in [9.17, 15) is 4.79 Å². The number of hydrogen-bond acceptors (Lipinski definition) is 4. The second kappa shape index (κ2) is 4.36. The van der Waals surface area contributed by atoms with Crippen LogP contribution >= 0.6 is 11.3 Å². The van der Waals surface area contributed by atoms with E-state index in [2.05, 4.69) is 17.7 Å². The number of fused-ring (bicyclic) bond motifs is 3. The van der Waals surface area contributed by atoms with Gasteiger partial charge in [0.1, 0.15) is 17.3 Å². The first-order chi connectivity index (χ1) is 9.72. The number of nitrogens with one attached hydrogen (secondary N) is 3. The zero-order valence-electron chi connectivity index (χ0n) is 11.2. The van der Waals surface area contributed by atoms with E-state index in [1.807, 2.05) is 12.1 Å². The molecule has 2 aromatic heterocycles. The van der Waals surface area contributed by atoms with Crippen LogP contribution in [-0.2, 0) is 13.0 Å². The van der Waals surface area contributed by atoms with Crippen LogP contribution in [0.1, 0.15) is 32.7 Å². The van der Waals surface area contributed by atoms with Crippen LogP contribution in [0.2, 0.25) is 0 Å². The molecule has 3 N–H and O–H groups in total. The minimum atomic E-state index is -0.268. The number of anilines is 1. The first-order valence-electron chi connectivity index (χ1n) is 6.79. The Bertz CT molecular complexity index is 662. The van der Waals surface area contributed by atoms with E-state index in [0.717, 1.165) is 35.8 Å². The standard InChI is InChI=1S/C14H15N3O2S/c1-17-5-4-8-10(7-17)20-14-11(8)13(18)15-12(16-14)9-3-2-6-19-9/h2-3,6,12,16H,4-5,7H2,1H3,(H,15,18)/p+1/t12-/m0/s1. The Morgan fingerprint density at radius 1 is 1.45 bits per heavy atom. The molecule has 104 valence electrons. The van der Waals surface area contributed by atoms with Crippen molar-refractivity contribution in [1.29, 1.82) is 0 Å². The maximum absolute atomic E-state index is 12.4. The Morgan fingerprint density at radius 2 is 2.35 bits per heavy atom. The Balaban J connectivity index is 1.73. The van der Waals surface area contributed by atoms with Crippen molar-refractivity contribution >= 4 is 22.2 Å². The average molecular weight is 290 g/mol. The number of furan rings is 1. The van der Waals surface area contributed by atoms with Gasteiger partial charge in [0.25, 0.3) is 5.91 Å². The fourth-order valence-electron chi connectivity index (χ4n) is 2.93. The van der Waals surface area contributed by atoms with Gasteiger partial charge in [0.2, 0.25) is 0 Å². The molecule has 0 fully saturated rings. The van der Waals surface area contributed by atoms with Crippen LogP contribution in [-0.4, -0.2) is 19.5 Å². The fourth-order valence-corrected chi connectivity index (χ4v) is 4.32. The molecular formula is C14H16N3O2S+. The van der Waals surface area contributed by atoms with E-state index in [4.69, 9.17) is 4.42 Å². The molecule has 4 heterocycles. The molecule has 0 bridgehead atoms. The van der Waals surface area contributed by atoms with Crippen molar-refractivity contribution in [2.24, 2.45) is 0 Å². The molecule has 6 heteroatoms. The van der Waals surface area contributed by atoms with Crippen molar-refractivity contribution in [3.05, 3.63) is 40.2 Å². The lowest BCUT2D eigenvalue weighted by atomic mass is 10.0. The molecule has 0 spiro atoms. The van der Waals surface area contributed by atoms with E-state index in [1.165, 1.54) is 15.3 Å². The van der Waals surface area contributed by atoms with Crippen LogP contribution in [0.25, 0.3) is 0 Å². The van der Waals surface area contributed by atoms with Gasteiger partial charge in [-0.05, 0) is 17.7 Å². The SMILES string of the molecule is C[NH+]1CCc2c(sc3c2C(=O)N[C@H](c2ccco2)N3)C1. The molecule has 2 aliphatic heterocycles. The quantitative estimate of drug-likeness (QED) is 0.727. The number of thiophene rings is 1. The maximum Gasteiger partial charge on any atom is 0.256 e. The summed E-state index contributed by atoms with van der Waals surface area (Å²) in [6.45, 7) is 2.10. The predicted octanol–water partition coefficient (Wildman–Crippen LogP) is 0.766. The summed E-state index contributed by atoms with van der Waals surface area (Å²) in [5, 5.41) is 7.35. The van der Waals surface area contributed by atoms with Crippen LogP contribution in [0.5, 0.6) is 0 Å². The highest BCUT2D eigenvalue weighted by Gasteiger charge is 2.34. The maximum atomic E-state index is 12.4. The Hall–Kier alpha value is -1.79. The number of quaternary nitrogens is 1. The number of likely N-dealkylation sites (N-methyl/N-ethyl adjacent to an activating group) is 1. The van der Waals surface area contributed by atoms with Gasteiger partial charge in [0, 0.05) is 6.42 Å². The molecular weight excluding hydrogens is 274 g/mol. The van der Waals surface area contributed by atoms with Gasteiger partial charge < -0.3 is 20.0 Å². The van der Waals surface area contributed by atoms with E-state index in [-0.39, 0.29) is 12.1 Å². The second-order valence-electron chi connectivity index (χ2n) is 5.41. The topological polar surface area (TPSA) is 58.7 Å². The van der Waals surface area contributed by atoms with Crippen molar-refractivity contribution in [1.82, 2.24) is 5.32 Å². The molecule has 0 saturated heterocycles. The molecule has 20 heavy (non-hydrogen) atoms. The summed E-state index contributed by atoms with van der Waals surface area (Å²) in [7, 11) is 2.20. The molecule has 0 saturated carbocycles. The highest BCUT2D eigenvalue weighted by molar-refractivity contribution is 7.16. The summed E-state index contributed by atoms with van der Waals surface area (Å²) in [5.74, 6) is 0.746. The third-order valence-electron chi connectivity index (χ3n) is 3.96. The van der Waals surface area contributed by atoms with Gasteiger partial charge in [-0.1, -0.05) is 0 Å². The number of rotatable bonds is 1. The molecule has 2 atom stereocenters. The first-order valence-corrected chi connectivity index (χ1v) is 7.60. The van der Waals surface area contributed by atoms with Crippen LogP contribution in [0, 0.1) is 0 Å². The van der Waals surface area contributed by atoms with Crippen molar-refractivity contribution < 1.29 is 14.1 Å². The zero-order valence-corrected chi connectivity index (χ0v) is 12.0. The summed E-state index contributed by atoms with van der Waals surface area (Å²) in [6.07, 6.45) is 2.33. The molecule has 2 aliphatic rings. The van der Waals surface area contributed by atoms with E-state index in [1.54, 1.807) is 17.6 Å². The molecule has 2 aromatic rings. The van der Waals surface area contributed by atoms with Crippen LogP contribution in [0.3, 0.4) is 0 Å². The summed E-state index contributed by atoms with van der Waals surface area (Å²) in [6, 6.07) is 3.70. The number of amides is 1. The van der Waals surface area contributed by atoms with Gasteiger partial charge in [-0.25, -0.2) is 0 Å². The van der Waals surface area contributed by atoms with Crippen LogP contribution < -0.4 is 15.5 Å². The monoisotopic (exact) mass is 290 g/mol. The average Bonchev–Trinajstić information content (AvgIpc) is 3.04. The number of hydrogen-bond donors (Lipinski definition) is 3. The lowest BCUT2D eigenvalue weighted by Crippen LogP contribution is -3.08. The van der Waals surface area contributed by atoms with Gasteiger partial charge in [-0.3, -0.25) is 4.79 Å². The Labute approximate surface area is 120 Å². The zero-order chi connectivity index (χ0) is 13.7. The van der Waals surface area contributed by atoms with Gasteiger partial charge in [-0.15, -0.1) is 11.3 Å². The molecule has 0 aromatic carbocycles. The van der Waals surface area contributed by atoms with Crippen molar-refractivity contribution in [2.45, 2.75) is 19.1 Å². The summed E-state index contributed by atoms with van der Waals surface area (Å²) < 4.78 is 5.38. The predicted molar refractivity (Wildman–Crippen MR) is 76.0 cm³/mol. The minimum Gasteiger partial charge on any atom is -0.465 e. The number of carbonyl (C=O) groups excluding carboxylic acids is 1. The summed E-state index contributed by atoms with van der Waals surface area (Å²) in [4.78, 5) is 15.2. The molecule has 5 nitrogen and oxygen atoms in total. The normalized spacial score (nSPS) is 24.6. The highest BCUT2D eigenvalue weighted by Crippen LogP contribution is 2.38. The number of carbonyl (C=O) groups is 1. The lowest BCUT2D eigenvalue weighted by Gasteiger charge is -2.25. The van der Waals surface area contributed by atoms with E-state index >= 15 is 0 Å².